The maximum atomic E-state index is 12.4. The summed E-state index contributed by atoms with van der Waals surface area (Å²) in [6, 6.07) is 2.13. The molecule has 0 aliphatic carbocycles. The molecule has 2 aliphatic rings. The van der Waals surface area contributed by atoms with E-state index in [1.807, 2.05) is 0 Å². The van der Waals surface area contributed by atoms with Gasteiger partial charge in [0.15, 0.2) is 5.78 Å². The summed E-state index contributed by atoms with van der Waals surface area (Å²) < 4.78 is 6.72. The summed E-state index contributed by atoms with van der Waals surface area (Å²) in [5.74, 6) is 1.03. The molecule has 0 bridgehead atoms. The van der Waals surface area contributed by atoms with E-state index >= 15 is 0 Å². The zero-order valence-corrected chi connectivity index (χ0v) is 17.1. The van der Waals surface area contributed by atoms with E-state index in [1.54, 1.807) is 6.92 Å². The van der Waals surface area contributed by atoms with Crippen LogP contribution in [0.1, 0.15) is 62.0 Å². The predicted octanol–water partition coefficient (Wildman–Crippen LogP) is 4.97. The Morgan fingerprint density at radius 1 is 1.17 bits per heavy atom. The molecule has 4 heteroatoms. The van der Waals surface area contributed by atoms with E-state index in [0.717, 1.165) is 43.7 Å². The van der Waals surface area contributed by atoms with E-state index in [4.69, 9.17) is 4.43 Å². The second-order valence-electron chi connectivity index (χ2n) is 8.85. The maximum Gasteiger partial charge on any atom is 0.250 e. The van der Waals surface area contributed by atoms with Gasteiger partial charge < -0.3 is 9.33 Å². The van der Waals surface area contributed by atoms with Crippen molar-refractivity contribution < 1.29 is 9.22 Å². The molecular weight excluding hydrogens is 314 g/mol. The molecule has 0 atom stereocenters. The third kappa shape index (κ3) is 2.89. The van der Waals surface area contributed by atoms with Crippen LogP contribution >= 0.6 is 0 Å². The quantitative estimate of drug-likeness (QED) is 0.572. The first kappa shape index (κ1) is 17.5. The molecule has 0 N–H and O–H groups in total. The number of carbonyl (C=O) groups is 1. The molecule has 0 aromatic heterocycles. The molecule has 0 spiro atoms. The number of nitrogens with zero attached hydrogens (tertiary/aromatic N) is 1. The molecule has 132 valence electrons. The second kappa shape index (κ2) is 5.90. The fourth-order valence-electron chi connectivity index (χ4n) is 3.62. The van der Waals surface area contributed by atoms with Crippen molar-refractivity contribution in [2.45, 2.75) is 71.5 Å². The Hall–Kier alpha value is -1.29. The summed E-state index contributed by atoms with van der Waals surface area (Å²) in [6.45, 7) is 15.2. The highest BCUT2D eigenvalue weighted by molar-refractivity contribution is 6.74. The van der Waals surface area contributed by atoms with Crippen molar-refractivity contribution in [2.75, 3.05) is 18.0 Å². The van der Waals surface area contributed by atoms with Crippen LogP contribution in [-0.2, 0) is 12.8 Å². The summed E-state index contributed by atoms with van der Waals surface area (Å²) in [5.41, 5.74) is 4.83. The fraction of sp³-hybridized carbons (Fsp3) is 0.650. The Balaban J connectivity index is 2.17. The smallest absolute Gasteiger partial charge is 0.250 e. The van der Waals surface area contributed by atoms with Crippen LogP contribution in [0.25, 0.3) is 0 Å². The third-order valence-corrected chi connectivity index (χ3v) is 10.3. The van der Waals surface area contributed by atoms with Crippen LogP contribution < -0.4 is 9.33 Å². The van der Waals surface area contributed by atoms with Crippen molar-refractivity contribution in [2.24, 2.45) is 0 Å². The number of carbonyl (C=O) groups excluding carboxylic acids is 1. The Kier molecular flexibility index (Phi) is 4.31. The standard InChI is InChI=1S/C20H31NO2Si/c1-14(22)17-13-15-9-7-11-21-12-8-10-16(18(15)21)19(17)23-24(5,6)20(2,3)4/h13H,7-12H2,1-6H3. The molecule has 0 radical (unpaired) electrons. The van der Waals surface area contributed by atoms with Gasteiger partial charge in [0.05, 0.1) is 5.56 Å². The number of anilines is 1. The molecule has 0 amide bonds. The molecular formula is C20H31NO2Si. The van der Waals surface area contributed by atoms with Gasteiger partial charge in [-0.25, -0.2) is 0 Å². The van der Waals surface area contributed by atoms with Crippen LogP contribution in [0.3, 0.4) is 0 Å². The van der Waals surface area contributed by atoms with Gasteiger partial charge in [-0.05, 0) is 62.4 Å². The van der Waals surface area contributed by atoms with Gasteiger partial charge in [0, 0.05) is 24.3 Å². The third-order valence-electron chi connectivity index (χ3n) is 6.02. The van der Waals surface area contributed by atoms with Crippen molar-refractivity contribution in [1.29, 1.82) is 0 Å². The second-order valence-corrected chi connectivity index (χ2v) is 13.6. The lowest BCUT2D eigenvalue weighted by Crippen LogP contribution is -2.45. The van der Waals surface area contributed by atoms with Gasteiger partial charge in [-0.15, -0.1) is 0 Å². The van der Waals surface area contributed by atoms with Crippen molar-refractivity contribution in [3.05, 3.63) is 22.8 Å². The summed E-state index contributed by atoms with van der Waals surface area (Å²) in [7, 11) is -1.98. The minimum Gasteiger partial charge on any atom is -0.543 e. The fourth-order valence-corrected chi connectivity index (χ4v) is 4.67. The van der Waals surface area contributed by atoms with Crippen molar-refractivity contribution in [3.8, 4) is 5.75 Å². The number of hydrogen-bond acceptors (Lipinski definition) is 3. The number of hydrogen-bond donors (Lipinski definition) is 0. The van der Waals surface area contributed by atoms with E-state index in [9.17, 15) is 4.79 Å². The lowest BCUT2D eigenvalue weighted by atomic mass is 9.88. The predicted molar refractivity (Wildman–Crippen MR) is 103 cm³/mol. The monoisotopic (exact) mass is 345 g/mol. The van der Waals surface area contributed by atoms with Crippen LogP contribution in [0.5, 0.6) is 5.75 Å². The van der Waals surface area contributed by atoms with Crippen molar-refractivity contribution in [1.82, 2.24) is 0 Å². The summed E-state index contributed by atoms with van der Waals surface area (Å²) in [4.78, 5) is 14.9. The molecule has 24 heavy (non-hydrogen) atoms. The van der Waals surface area contributed by atoms with Gasteiger partial charge in [0.2, 0.25) is 0 Å². The minimum atomic E-state index is -1.98. The van der Waals surface area contributed by atoms with Crippen LogP contribution in [-0.4, -0.2) is 27.2 Å². The Bertz CT molecular complexity index is 671. The lowest BCUT2D eigenvalue weighted by Gasteiger charge is -2.41. The van der Waals surface area contributed by atoms with E-state index in [-0.39, 0.29) is 10.8 Å². The highest BCUT2D eigenvalue weighted by Gasteiger charge is 2.41. The highest BCUT2D eigenvalue weighted by Crippen LogP contribution is 2.46. The van der Waals surface area contributed by atoms with Gasteiger partial charge in [0.25, 0.3) is 8.32 Å². The van der Waals surface area contributed by atoms with Crippen molar-refractivity contribution in [3.63, 3.8) is 0 Å². The Labute approximate surface area is 147 Å². The maximum absolute atomic E-state index is 12.4. The molecule has 1 aromatic carbocycles. The number of rotatable bonds is 3. The molecule has 0 saturated heterocycles. The molecule has 0 unspecified atom stereocenters. The number of Topliss-reactive ketones (excluding diaryl/α,β-unsaturated/α-hetero) is 1. The first-order valence-electron chi connectivity index (χ1n) is 9.25. The lowest BCUT2D eigenvalue weighted by molar-refractivity contribution is 0.101. The highest BCUT2D eigenvalue weighted by atomic mass is 28.4. The average Bonchev–Trinajstić information content (AvgIpc) is 2.48. The Morgan fingerprint density at radius 3 is 2.38 bits per heavy atom. The Morgan fingerprint density at radius 2 is 1.79 bits per heavy atom. The van der Waals surface area contributed by atoms with Crippen LogP contribution in [0.15, 0.2) is 6.07 Å². The normalized spacial score (nSPS) is 17.5. The van der Waals surface area contributed by atoms with Gasteiger partial charge >= 0.3 is 0 Å². The van der Waals surface area contributed by atoms with Crippen LogP contribution in [0.2, 0.25) is 18.1 Å². The summed E-state index contributed by atoms with van der Waals surface area (Å²) in [5, 5.41) is 0.123. The molecule has 3 rings (SSSR count). The van der Waals surface area contributed by atoms with Crippen LogP contribution in [0, 0.1) is 0 Å². The van der Waals surface area contributed by atoms with E-state index < -0.39 is 8.32 Å². The van der Waals surface area contributed by atoms with E-state index in [2.05, 4.69) is 44.8 Å². The van der Waals surface area contributed by atoms with Gasteiger partial charge in [-0.2, -0.15) is 0 Å². The topological polar surface area (TPSA) is 29.5 Å². The van der Waals surface area contributed by atoms with Crippen LogP contribution in [0.4, 0.5) is 5.69 Å². The molecule has 3 nitrogen and oxygen atoms in total. The number of ketones is 1. The van der Waals surface area contributed by atoms with Crippen molar-refractivity contribution >= 4 is 19.8 Å². The van der Waals surface area contributed by atoms with Gasteiger partial charge in [-0.1, -0.05) is 20.8 Å². The summed E-state index contributed by atoms with van der Waals surface area (Å²) >= 11 is 0. The first-order chi connectivity index (χ1) is 11.1. The molecule has 1 aromatic rings. The number of benzene rings is 1. The zero-order valence-electron chi connectivity index (χ0n) is 16.1. The largest absolute Gasteiger partial charge is 0.543 e. The average molecular weight is 346 g/mol. The first-order valence-corrected chi connectivity index (χ1v) is 12.2. The summed E-state index contributed by atoms with van der Waals surface area (Å²) in [6.07, 6.45) is 4.46. The zero-order chi connectivity index (χ0) is 17.7. The molecule has 2 aliphatic heterocycles. The molecule has 0 saturated carbocycles. The minimum absolute atomic E-state index is 0.123. The number of aryl methyl sites for hydroxylation is 1. The molecule has 2 heterocycles. The SMILES string of the molecule is CC(=O)c1cc2c3c(c1O[Si](C)(C)C(C)(C)C)CCCN3CCC2. The van der Waals surface area contributed by atoms with Gasteiger partial charge in [0.1, 0.15) is 5.75 Å². The molecule has 0 fully saturated rings. The van der Waals surface area contributed by atoms with E-state index in [1.165, 1.54) is 23.2 Å². The van der Waals surface area contributed by atoms with Gasteiger partial charge in [-0.3, -0.25) is 4.79 Å². The van der Waals surface area contributed by atoms with E-state index in [0.29, 0.717) is 0 Å².